The average molecular weight is 228 g/mol. The summed E-state index contributed by atoms with van der Waals surface area (Å²) in [6, 6.07) is 11.9. The van der Waals surface area contributed by atoms with E-state index < -0.39 is 0 Å². The van der Waals surface area contributed by atoms with Gasteiger partial charge in [-0.15, -0.1) is 0 Å². The maximum absolute atomic E-state index is 5.84. The van der Waals surface area contributed by atoms with Crippen molar-refractivity contribution in [1.29, 1.82) is 0 Å². The molecule has 0 aliphatic heterocycles. The average Bonchev–Trinajstić information content (AvgIpc) is 2.35. The zero-order valence-corrected chi connectivity index (χ0v) is 10.1. The molecule has 3 heteroatoms. The number of para-hydroxylation sites is 1. The van der Waals surface area contributed by atoms with Gasteiger partial charge < -0.3 is 10.1 Å². The minimum Gasteiger partial charge on any atom is -0.438 e. The lowest BCUT2D eigenvalue weighted by Crippen LogP contribution is -2.06. The lowest BCUT2D eigenvalue weighted by molar-refractivity contribution is 0.451. The molecule has 0 amide bonds. The monoisotopic (exact) mass is 228 g/mol. The summed E-state index contributed by atoms with van der Waals surface area (Å²) in [6.45, 7) is 2.77. The molecule has 1 heterocycles. The maximum Gasteiger partial charge on any atom is 0.222 e. The van der Waals surface area contributed by atoms with Gasteiger partial charge in [-0.3, -0.25) is 0 Å². The molecule has 0 fully saturated rings. The second kappa shape index (κ2) is 5.46. The first-order valence-electron chi connectivity index (χ1n) is 5.63. The fourth-order valence-electron chi connectivity index (χ4n) is 1.62. The van der Waals surface area contributed by atoms with Crippen LogP contribution in [0.4, 0.5) is 0 Å². The fourth-order valence-corrected chi connectivity index (χ4v) is 1.62. The van der Waals surface area contributed by atoms with Crippen molar-refractivity contribution < 1.29 is 4.74 Å². The Morgan fingerprint density at radius 3 is 2.76 bits per heavy atom. The van der Waals surface area contributed by atoms with Gasteiger partial charge in [0.2, 0.25) is 5.88 Å². The van der Waals surface area contributed by atoms with Crippen molar-refractivity contribution in [2.75, 3.05) is 7.05 Å². The topological polar surface area (TPSA) is 34.1 Å². The van der Waals surface area contributed by atoms with Gasteiger partial charge in [0.05, 0.1) is 0 Å². The summed E-state index contributed by atoms with van der Waals surface area (Å²) in [4.78, 5) is 4.23. The molecule has 0 atom stereocenters. The summed E-state index contributed by atoms with van der Waals surface area (Å²) in [5.41, 5.74) is 2.16. The highest BCUT2D eigenvalue weighted by molar-refractivity contribution is 5.37. The number of pyridine rings is 1. The van der Waals surface area contributed by atoms with Crippen LogP contribution < -0.4 is 10.1 Å². The Morgan fingerprint density at radius 1 is 1.18 bits per heavy atom. The third-order valence-corrected chi connectivity index (χ3v) is 2.51. The summed E-state index contributed by atoms with van der Waals surface area (Å²) in [6.07, 6.45) is 1.74. The van der Waals surface area contributed by atoms with Crippen LogP contribution in [0.3, 0.4) is 0 Å². The summed E-state index contributed by atoms with van der Waals surface area (Å²) in [5, 5.41) is 3.12. The molecule has 1 aromatic carbocycles. The number of benzene rings is 1. The summed E-state index contributed by atoms with van der Waals surface area (Å²) in [7, 11) is 1.92. The minimum absolute atomic E-state index is 0.663. The van der Waals surface area contributed by atoms with E-state index in [9.17, 15) is 0 Å². The molecule has 0 spiro atoms. The van der Waals surface area contributed by atoms with Crippen LogP contribution in [0.15, 0.2) is 42.6 Å². The van der Waals surface area contributed by atoms with Crippen LogP contribution in [0.25, 0.3) is 0 Å². The molecule has 2 rings (SSSR count). The second-order valence-corrected chi connectivity index (χ2v) is 3.87. The third kappa shape index (κ3) is 2.82. The number of hydrogen-bond donors (Lipinski definition) is 1. The van der Waals surface area contributed by atoms with E-state index in [1.165, 1.54) is 0 Å². The Bertz CT molecular complexity index is 497. The molecule has 0 saturated heterocycles. The molecular weight excluding hydrogens is 212 g/mol. The zero-order valence-electron chi connectivity index (χ0n) is 10.1. The van der Waals surface area contributed by atoms with Crippen molar-refractivity contribution in [1.82, 2.24) is 10.3 Å². The lowest BCUT2D eigenvalue weighted by Gasteiger charge is -2.11. The summed E-state index contributed by atoms with van der Waals surface area (Å²) >= 11 is 0. The fraction of sp³-hybridized carbons (Fsp3) is 0.214. The third-order valence-electron chi connectivity index (χ3n) is 2.51. The highest BCUT2D eigenvalue weighted by Gasteiger charge is 2.05. The molecule has 0 aliphatic rings. The van der Waals surface area contributed by atoms with E-state index in [1.807, 2.05) is 50.4 Å². The molecule has 2 aromatic rings. The van der Waals surface area contributed by atoms with Gasteiger partial charge in [0.15, 0.2) is 0 Å². The molecule has 0 bridgehead atoms. The molecule has 0 radical (unpaired) electrons. The summed E-state index contributed by atoms with van der Waals surface area (Å²) in [5.74, 6) is 1.51. The second-order valence-electron chi connectivity index (χ2n) is 3.87. The maximum atomic E-state index is 5.84. The van der Waals surface area contributed by atoms with Crippen molar-refractivity contribution in [2.24, 2.45) is 0 Å². The quantitative estimate of drug-likeness (QED) is 0.873. The van der Waals surface area contributed by atoms with E-state index in [-0.39, 0.29) is 0 Å². The number of hydrogen-bond acceptors (Lipinski definition) is 3. The van der Waals surface area contributed by atoms with Gasteiger partial charge in [-0.1, -0.05) is 24.3 Å². The van der Waals surface area contributed by atoms with Gasteiger partial charge in [0.25, 0.3) is 0 Å². The van der Waals surface area contributed by atoms with Crippen LogP contribution in [0.5, 0.6) is 11.6 Å². The standard InChI is InChI=1S/C14H16N2O/c1-11-6-5-9-16-14(11)17-13-8-4-3-7-12(13)10-15-2/h3-9,15H,10H2,1-2H3. The van der Waals surface area contributed by atoms with Gasteiger partial charge in [-0.25, -0.2) is 4.98 Å². The van der Waals surface area contributed by atoms with E-state index >= 15 is 0 Å². The number of nitrogens with zero attached hydrogens (tertiary/aromatic N) is 1. The number of nitrogens with one attached hydrogen (secondary N) is 1. The normalized spacial score (nSPS) is 10.2. The van der Waals surface area contributed by atoms with Crippen LogP contribution in [-0.4, -0.2) is 12.0 Å². The minimum atomic E-state index is 0.663. The number of rotatable bonds is 4. The predicted molar refractivity (Wildman–Crippen MR) is 68.3 cm³/mol. The van der Waals surface area contributed by atoms with E-state index in [2.05, 4.69) is 10.3 Å². The van der Waals surface area contributed by atoms with Gasteiger partial charge in [0.1, 0.15) is 5.75 Å². The smallest absolute Gasteiger partial charge is 0.222 e. The molecule has 17 heavy (non-hydrogen) atoms. The SMILES string of the molecule is CNCc1ccccc1Oc1ncccc1C. The van der Waals surface area contributed by atoms with Gasteiger partial charge >= 0.3 is 0 Å². The first-order valence-corrected chi connectivity index (χ1v) is 5.63. The van der Waals surface area contributed by atoms with Gasteiger partial charge in [-0.2, -0.15) is 0 Å². The van der Waals surface area contributed by atoms with Crippen molar-refractivity contribution in [3.8, 4) is 11.6 Å². The van der Waals surface area contributed by atoms with Crippen molar-refractivity contribution in [2.45, 2.75) is 13.5 Å². The van der Waals surface area contributed by atoms with Gasteiger partial charge in [0, 0.05) is 23.9 Å². The van der Waals surface area contributed by atoms with E-state index in [0.717, 1.165) is 23.4 Å². The van der Waals surface area contributed by atoms with Gasteiger partial charge in [-0.05, 0) is 26.1 Å². The van der Waals surface area contributed by atoms with Crippen LogP contribution in [0.2, 0.25) is 0 Å². The Kier molecular flexibility index (Phi) is 3.73. The highest BCUT2D eigenvalue weighted by atomic mass is 16.5. The lowest BCUT2D eigenvalue weighted by atomic mass is 10.2. The van der Waals surface area contributed by atoms with Crippen LogP contribution in [0, 0.1) is 6.92 Å². The molecule has 1 N–H and O–H groups in total. The molecule has 0 aliphatic carbocycles. The van der Waals surface area contributed by atoms with E-state index in [1.54, 1.807) is 6.20 Å². The van der Waals surface area contributed by atoms with Crippen molar-refractivity contribution in [3.63, 3.8) is 0 Å². The molecule has 88 valence electrons. The first kappa shape index (κ1) is 11.6. The Morgan fingerprint density at radius 2 is 2.00 bits per heavy atom. The van der Waals surface area contributed by atoms with Crippen molar-refractivity contribution in [3.05, 3.63) is 53.7 Å². The number of aryl methyl sites for hydroxylation is 1. The largest absolute Gasteiger partial charge is 0.438 e. The van der Waals surface area contributed by atoms with E-state index in [0.29, 0.717) is 5.88 Å². The summed E-state index contributed by atoms with van der Waals surface area (Å²) < 4.78 is 5.84. The van der Waals surface area contributed by atoms with Crippen LogP contribution in [0.1, 0.15) is 11.1 Å². The Labute approximate surface area is 101 Å². The first-order chi connectivity index (χ1) is 8.31. The van der Waals surface area contributed by atoms with E-state index in [4.69, 9.17) is 4.74 Å². The highest BCUT2D eigenvalue weighted by Crippen LogP contribution is 2.25. The van der Waals surface area contributed by atoms with Crippen molar-refractivity contribution >= 4 is 0 Å². The zero-order chi connectivity index (χ0) is 12.1. The molecule has 3 nitrogen and oxygen atoms in total. The molecular formula is C14H16N2O. The van der Waals surface area contributed by atoms with Crippen LogP contribution in [-0.2, 0) is 6.54 Å². The molecule has 0 saturated carbocycles. The number of aromatic nitrogens is 1. The molecule has 0 unspecified atom stereocenters. The Balaban J connectivity index is 2.27. The number of ether oxygens (including phenoxy) is 1. The molecule has 1 aromatic heterocycles. The Hall–Kier alpha value is -1.87. The van der Waals surface area contributed by atoms with Crippen LogP contribution >= 0.6 is 0 Å². The predicted octanol–water partition coefficient (Wildman–Crippen LogP) is 2.90.